The van der Waals surface area contributed by atoms with E-state index in [1.807, 2.05) is 30.3 Å². The molecule has 0 amide bonds. The van der Waals surface area contributed by atoms with Crippen LogP contribution in [0.2, 0.25) is 0 Å². The third kappa shape index (κ3) is 4.57. The highest BCUT2D eigenvalue weighted by atomic mass is 32.2. The summed E-state index contributed by atoms with van der Waals surface area (Å²) in [5, 5.41) is 24.4. The fourth-order valence-corrected chi connectivity index (χ4v) is 5.55. The average Bonchev–Trinajstić information content (AvgIpc) is 3.60. The molecule has 4 aromatic rings. The van der Waals surface area contributed by atoms with Gasteiger partial charge in [0.1, 0.15) is 11.0 Å². The topological polar surface area (TPSA) is 134 Å². The summed E-state index contributed by atoms with van der Waals surface area (Å²) in [6.07, 6.45) is 0. The van der Waals surface area contributed by atoms with E-state index in [4.69, 9.17) is 9.47 Å². The van der Waals surface area contributed by atoms with Crippen molar-refractivity contribution < 1.29 is 19.1 Å². The van der Waals surface area contributed by atoms with E-state index in [1.54, 1.807) is 24.3 Å². The van der Waals surface area contributed by atoms with Gasteiger partial charge in [-0.25, -0.2) is 9.59 Å². The third-order valence-corrected chi connectivity index (χ3v) is 7.55. The standard InChI is InChI=1S/C23H19N7O4S2/c1-33-20(31)15-10-8-13(9-11-15)18-17(21(32)34-2)16(24-22-26-28-29-30(18)22)12-35-23-27-25-19(36-23)14-6-4-3-5-7-14/h3-11,18H,12H2,1-2H3,(H,24,26,29). The van der Waals surface area contributed by atoms with Crippen molar-refractivity contribution in [3.05, 3.63) is 77.0 Å². The summed E-state index contributed by atoms with van der Waals surface area (Å²) in [7, 11) is 2.64. The highest BCUT2D eigenvalue weighted by Gasteiger charge is 2.36. The highest BCUT2D eigenvalue weighted by Crippen LogP contribution is 2.38. The predicted octanol–water partition coefficient (Wildman–Crippen LogP) is 3.21. The number of aromatic nitrogens is 6. The van der Waals surface area contributed by atoms with Gasteiger partial charge >= 0.3 is 11.9 Å². The number of ether oxygens (including phenoxy) is 2. The second kappa shape index (κ2) is 10.3. The Labute approximate surface area is 213 Å². The number of nitrogens with zero attached hydrogens (tertiary/aromatic N) is 6. The number of carbonyl (C=O) groups excluding carboxylic acids is 2. The Hall–Kier alpha value is -4.10. The number of carbonyl (C=O) groups is 2. The second-order valence-corrected chi connectivity index (χ2v) is 9.70. The molecule has 0 fully saturated rings. The van der Waals surface area contributed by atoms with Crippen LogP contribution in [0.25, 0.3) is 10.6 Å². The van der Waals surface area contributed by atoms with Crippen LogP contribution < -0.4 is 5.32 Å². The van der Waals surface area contributed by atoms with Gasteiger partial charge in [0.25, 0.3) is 0 Å². The SMILES string of the molecule is COC(=O)C1=C(CSc2nnc(-c3ccccc3)s2)Nc2nnnn2C1c1ccc(C(=O)OC)cc1. The van der Waals surface area contributed by atoms with Crippen molar-refractivity contribution in [2.75, 3.05) is 25.3 Å². The van der Waals surface area contributed by atoms with Crippen molar-refractivity contribution in [3.63, 3.8) is 0 Å². The molecule has 0 spiro atoms. The molecule has 13 heteroatoms. The van der Waals surface area contributed by atoms with Crippen molar-refractivity contribution in [3.8, 4) is 10.6 Å². The molecule has 11 nitrogen and oxygen atoms in total. The molecule has 182 valence electrons. The van der Waals surface area contributed by atoms with Gasteiger partial charge in [-0.1, -0.05) is 70.7 Å². The van der Waals surface area contributed by atoms with Gasteiger partial charge in [-0.05, 0) is 28.1 Å². The van der Waals surface area contributed by atoms with Crippen LogP contribution >= 0.6 is 23.1 Å². The van der Waals surface area contributed by atoms with Crippen molar-refractivity contribution in [2.45, 2.75) is 10.4 Å². The van der Waals surface area contributed by atoms with E-state index in [0.717, 1.165) is 14.9 Å². The van der Waals surface area contributed by atoms with Crippen LogP contribution in [0.4, 0.5) is 5.95 Å². The van der Waals surface area contributed by atoms with Gasteiger partial charge < -0.3 is 14.8 Å². The number of nitrogens with one attached hydrogen (secondary N) is 1. The van der Waals surface area contributed by atoms with E-state index >= 15 is 0 Å². The molecule has 36 heavy (non-hydrogen) atoms. The smallest absolute Gasteiger partial charge is 0.338 e. The Morgan fingerprint density at radius 1 is 1.00 bits per heavy atom. The molecule has 1 N–H and O–H groups in total. The van der Waals surface area contributed by atoms with Gasteiger partial charge in [-0.3, -0.25) is 0 Å². The maximum Gasteiger partial charge on any atom is 0.338 e. The maximum absolute atomic E-state index is 13.0. The zero-order chi connectivity index (χ0) is 25.1. The molecule has 1 aliphatic rings. The van der Waals surface area contributed by atoms with E-state index < -0.39 is 18.0 Å². The number of hydrogen-bond donors (Lipinski definition) is 1. The Morgan fingerprint density at radius 2 is 1.75 bits per heavy atom. The van der Waals surface area contributed by atoms with Crippen LogP contribution in [0.3, 0.4) is 0 Å². The third-order valence-electron chi connectivity index (χ3n) is 5.42. The van der Waals surface area contributed by atoms with Crippen LogP contribution in [0, 0.1) is 0 Å². The van der Waals surface area contributed by atoms with E-state index in [0.29, 0.717) is 34.1 Å². The molecule has 0 bridgehead atoms. The molecular weight excluding hydrogens is 502 g/mol. The van der Waals surface area contributed by atoms with Crippen molar-refractivity contribution in [1.82, 2.24) is 30.4 Å². The Morgan fingerprint density at radius 3 is 2.47 bits per heavy atom. The lowest BCUT2D eigenvalue weighted by Gasteiger charge is -2.28. The molecule has 3 heterocycles. The van der Waals surface area contributed by atoms with Crippen molar-refractivity contribution in [2.24, 2.45) is 0 Å². The molecule has 0 aliphatic carbocycles. The summed E-state index contributed by atoms with van der Waals surface area (Å²) in [6, 6.07) is 15.9. The number of hydrogen-bond acceptors (Lipinski definition) is 12. The summed E-state index contributed by atoms with van der Waals surface area (Å²) < 4.78 is 12.2. The number of tetrazole rings is 1. The first-order chi connectivity index (χ1) is 17.6. The minimum Gasteiger partial charge on any atom is -0.466 e. The number of anilines is 1. The molecule has 0 saturated carbocycles. The summed E-state index contributed by atoms with van der Waals surface area (Å²) in [5.74, 6) is -0.230. The largest absolute Gasteiger partial charge is 0.466 e. The fraction of sp³-hybridized carbons (Fsp3) is 0.174. The van der Waals surface area contributed by atoms with E-state index in [1.165, 1.54) is 42.0 Å². The van der Waals surface area contributed by atoms with Crippen molar-refractivity contribution >= 4 is 41.0 Å². The Kier molecular flexibility index (Phi) is 6.73. The Bertz CT molecular complexity index is 1430. The number of esters is 2. The summed E-state index contributed by atoms with van der Waals surface area (Å²) >= 11 is 2.90. The molecule has 2 aromatic carbocycles. The van der Waals surface area contributed by atoms with Crippen LogP contribution in [0.1, 0.15) is 22.0 Å². The fourth-order valence-electron chi connectivity index (χ4n) is 3.72. The lowest BCUT2D eigenvalue weighted by molar-refractivity contribution is -0.136. The minimum atomic E-state index is -0.666. The van der Waals surface area contributed by atoms with Crippen LogP contribution in [-0.4, -0.2) is 62.3 Å². The van der Waals surface area contributed by atoms with Gasteiger partial charge in [0.2, 0.25) is 5.95 Å². The van der Waals surface area contributed by atoms with Gasteiger partial charge in [0.05, 0.1) is 25.4 Å². The van der Waals surface area contributed by atoms with E-state index in [-0.39, 0.29) is 0 Å². The van der Waals surface area contributed by atoms with Crippen LogP contribution in [0.15, 0.2) is 70.2 Å². The normalized spacial score (nSPS) is 14.7. The summed E-state index contributed by atoms with van der Waals surface area (Å²) in [6.45, 7) is 0. The van der Waals surface area contributed by atoms with Crippen LogP contribution in [0.5, 0.6) is 0 Å². The number of rotatable bonds is 7. The summed E-state index contributed by atoms with van der Waals surface area (Å²) in [4.78, 5) is 24.9. The minimum absolute atomic E-state index is 0.350. The van der Waals surface area contributed by atoms with Gasteiger partial charge in [-0.15, -0.1) is 10.2 Å². The molecule has 5 rings (SSSR count). The molecule has 1 aliphatic heterocycles. The second-order valence-electron chi connectivity index (χ2n) is 7.50. The molecule has 1 atom stereocenters. The van der Waals surface area contributed by atoms with E-state index in [2.05, 4.69) is 31.0 Å². The van der Waals surface area contributed by atoms with E-state index in [9.17, 15) is 9.59 Å². The van der Waals surface area contributed by atoms with Crippen molar-refractivity contribution in [1.29, 1.82) is 0 Å². The number of methoxy groups -OCH3 is 2. The molecule has 1 unspecified atom stereocenters. The number of thioether (sulfide) groups is 1. The van der Waals surface area contributed by atoms with Gasteiger partial charge in [-0.2, -0.15) is 4.68 Å². The number of fused-ring (bicyclic) bond motifs is 1. The molecule has 2 aromatic heterocycles. The first kappa shape index (κ1) is 23.6. The average molecular weight is 522 g/mol. The highest BCUT2D eigenvalue weighted by molar-refractivity contribution is 8.01. The number of benzene rings is 2. The zero-order valence-electron chi connectivity index (χ0n) is 19.1. The zero-order valence-corrected chi connectivity index (χ0v) is 20.7. The van der Waals surface area contributed by atoms with Gasteiger partial charge in [0.15, 0.2) is 4.34 Å². The lowest BCUT2D eigenvalue weighted by atomic mass is 9.95. The quantitative estimate of drug-likeness (QED) is 0.284. The summed E-state index contributed by atoms with van der Waals surface area (Å²) in [5.41, 5.74) is 3.01. The van der Waals surface area contributed by atoms with Crippen LogP contribution in [-0.2, 0) is 14.3 Å². The molecule has 0 saturated heterocycles. The monoisotopic (exact) mass is 521 g/mol. The first-order valence-corrected chi connectivity index (χ1v) is 12.5. The lowest BCUT2D eigenvalue weighted by Crippen LogP contribution is -2.31. The van der Waals surface area contributed by atoms with Gasteiger partial charge in [0, 0.05) is 17.0 Å². The Balaban J connectivity index is 1.48. The predicted molar refractivity (Wildman–Crippen MR) is 132 cm³/mol. The first-order valence-electron chi connectivity index (χ1n) is 10.6. The molecule has 0 radical (unpaired) electrons. The maximum atomic E-state index is 13.0. The molecular formula is C23H19N7O4S2.